The number of aliphatic hydroxyl groups is 1. The first-order valence-corrected chi connectivity index (χ1v) is 3.78. The molecule has 1 atom stereocenters. The quantitative estimate of drug-likeness (QED) is 0.441. The standard InChI is InChI=1S/C7H11ClO/c8-5-6-2-1-3-7(9)4-6/h2,7,9H,1,3-5H2. The van der Waals surface area contributed by atoms with Crippen molar-refractivity contribution in [1.82, 2.24) is 0 Å². The van der Waals surface area contributed by atoms with E-state index in [1.54, 1.807) is 0 Å². The van der Waals surface area contributed by atoms with Gasteiger partial charge in [0.1, 0.15) is 0 Å². The van der Waals surface area contributed by atoms with Gasteiger partial charge in [-0.3, -0.25) is 0 Å². The summed E-state index contributed by atoms with van der Waals surface area (Å²) in [4.78, 5) is 0. The Hall–Kier alpha value is -0.0100. The second-order valence-electron chi connectivity index (χ2n) is 2.43. The zero-order valence-electron chi connectivity index (χ0n) is 5.31. The molecule has 0 radical (unpaired) electrons. The SMILES string of the molecule is OC1CCC=C(CCl)C1. The predicted molar refractivity (Wildman–Crippen MR) is 38.7 cm³/mol. The zero-order valence-corrected chi connectivity index (χ0v) is 6.06. The Kier molecular flexibility index (Phi) is 2.55. The summed E-state index contributed by atoms with van der Waals surface area (Å²) in [5, 5.41) is 9.11. The molecule has 2 heteroatoms. The Bertz CT molecular complexity index is 120. The Morgan fingerprint density at radius 3 is 3.00 bits per heavy atom. The molecule has 52 valence electrons. The summed E-state index contributed by atoms with van der Waals surface area (Å²) in [5.41, 5.74) is 1.19. The van der Waals surface area contributed by atoms with E-state index in [2.05, 4.69) is 6.08 Å². The molecule has 1 rings (SSSR count). The van der Waals surface area contributed by atoms with Crippen LogP contribution in [-0.2, 0) is 0 Å². The van der Waals surface area contributed by atoms with Gasteiger partial charge < -0.3 is 5.11 Å². The third kappa shape index (κ3) is 1.99. The van der Waals surface area contributed by atoms with Crippen molar-refractivity contribution in [3.8, 4) is 0 Å². The molecule has 0 fully saturated rings. The first kappa shape index (κ1) is 7.10. The van der Waals surface area contributed by atoms with Gasteiger partial charge in [0.05, 0.1) is 6.10 Å². The average Bonchev–Trinajstić information content (AvgIpc) is 1.88. The van der Waals surface area contributed by atoms with Gasteiger partial charge in [-0.05, 0) is 19.3 Å². The summed E-state index contributed by atoms with van der Waals surface area (Å²) in [5.74, 6) is 0.580. The molecular formula is C7H11ClO. The molecule has 0 heterocycles. The van der Waals surface area contributed by atoms with Crippen molar-refractivity contribution in [2.75, 3.05) is 5.88 Å². The largest absolute Gasteiger partial charge is 0.393 e. The van der Waals surface area contributed by atoms with Gasteiger partial charge in [0.15, 0.2) is 0 Å². The summed E-state index contributed by atoms with van der Waals surface area (Å²) in [7, 11) is 0. The van der Waals surface area contributed by atoms with E-state index in [0.29, 0.717) is 5.88 Å². The third-order valence-corrected chi connectivity index (χ3v) is 1.95. The van der Waals surface area contributed by atoms with Crippen LogP contribution >= 0.6 is 11.6 Å². The number of hydrogen-bond donors (Lipinski definition) is 1. The van der Waals surface area contributed by atoms with Gasteiger partial charge in [-0.2, -0.15) is 0 Å². The van der Waals surface area contributed by atoms with E-state index in [1.165, 1.54) is 5.57 Å². The second kappa shape index (κ2) is 3.23. The van der Waals surface area contributed by atoms with Crippen LogP contribution in [0.25, 0.3) is 0 Å². The van der Waals surface area contributed by atoms with Crippen molar-refractivity contribution in [2.24, 2.45) is 0 Å². The van der Waals surface area contributed by atoms with Crippen LogP contribution in [0.4, 0.5) is 0 Å². The fraction of sp³-hybridized carbons (Fsp3) is 0.714. The molecule has 9 heavy (non-hydrogen) atoms. The number of hydrogen-bond acceptors (Lipinski definition) is 1. The van der Waals surface area contributed by atoms with Gasteiger partial charge in [-0.25, -0.2) is 0 Å². The normalized spacial score (nSPS) is 27.8. The van der Waals surface area contributed by atoms with E-state index in [4.69, 9.17) is 16.7 Å². The maximum Gasteiger partial charge on any atom is 0.0580 e. The van der Waals surface area contributed by atoms with Crippen LogP contribution in [0.1, 0.15) is 19.3 Å². The van der Waals surface area contributed by atoms with Crippen molar-refractivity contribution >= 4 is 11.6 Å². The van der Waals surface area contributed by atoms with Crippen LogP contribution < -0.4 is 0 Å². The highest BCUT2D eigenvalue weighted by Crippen LogP contribution is 2.18. The van der Waals surface area contributed by atoms with Crippen LogP contribution in [0.5, 0.6) is 0 Å². The summed E-state index contributed by atoms with van der Waals surface area (Å²) in [6.07, 6.45) is 4.66. The fourth-order valence-corrected chi connectivity index (χ4v) is 1.30. The molecule has 1 aliphatic carbocycles. The molecule has 0 bridgehead atoms. The molecule has 0 saturated heterocycles. The van der Waals surface area contributed by atoms with E-state index in [-0.39, 0.29) is 6.10 Å². The molecule has 0 aromatic heterocycles. The number of allylic oxidation sites excluding steroid dienone is 1. The van der Waals surface area contributed by atoms with E-state index >= 15 is 0 Å². The number of rotatable bonds is 1. The van der Waals surface area contributed by atoms with Crippen molar-refractivity contribution in [2.45, 2.75) is 25.4 Å². The molecule has 0 aromatic carbocycles. The highest BCUT2D eigenvalue weighted by atomic mass is 35.5. The molecule has 0 saturated carbocycles. The summed E-state index contributed by atoms with van der Waals surface area (Å²) in [6, 6.07) is 0. The Labute approximate surface area is 60.3 Å². The molecule has 0 aromatic rings. The van der Waals surface area contributed by atoms with Crippen molar-refractivity contribution in [3.63, 3.8) is 0 Å². The van der Waals surface area contributed by atoms with Gasteiger partial charge in [-0.15, -0.1) is 11.6 Å². The number of halogens is 1. The molecule has 1 N–H and O–H groups in total. The van der Waals surface area contributed by atoms with Gasteiger partial charge >= 0.3 is 0 Å². The van der Waals surface area contributed by atoms with Crippen molar-refractivity contribution in [3.05, 3.63) is 11.6 Å². The first-order chi connectivity index (χ1) is 4.33. The molecular weight excluding hydrogens is 136 g/mol. The second-order valence-corrected chi connectivity index (χ2v) is 2.70. The topological polar surface area (TPSA) is 20.2 Å². The van der Waals surface area contributed by atoms with Crippen molar-refractivity contribution < 1.29 is 5.11 Å². The van der Waals surface area contributed by atoms with E-state index in [1.807, 2.05) is 0 Å². The minimum absolute atomic E-state index is 0.135. The maximum atomic E-state index is 9.11. The van der Waals surface area contributed by atoms with E-state index < -0.39 is 0 Å². The highest BCUT2D eigenvalue weighted by Gasteiger charge is 2.10. The Balaban J connectivity index is 2.43. The lowest BCUT2D eigenvalue weighted by atomic mass is 9.98. The van der Waals surface area contributed by atoms with Gasteiger partial charge in [0.2, 0.25) is 0 Å². The molecule has 0 amide bonds. The van der Waals surface area contributed by atoms with Crippen LogP contribution in [0.3, 0.4) is 0 Å². The predicted octanol–water partition coefficient (Wildman–Crippen LogP) is 1.70. The van der Waals surface area contributed by atoms with Crippen LogP contribution in [0.15, 0.2) is 11.6 Å². The minimum atomic E-state index is -0.135. The zero-order chi connectivity index (χ0) is 6.69. The average molecular weight is 147 g/mol. The fourth-order valence-electron chi connectivity index (χ4n) is 1.08. The number of aliphatic hydroxyl groups excluding tert-OH is 1. The third-order valence-electron chi connectivity index (χ3n) is 1.60. The smallest absolute Gasteiger partial charge is 0.0580 e. The lowest BCUT2D eigenvalue weighted by Gasteiger charge is -2.15. The van der Waals surface area contributed by atoms with Crippen LogP contribution in [0.2, 0.25) is 0 Å². The summed E-state index contributed by atoms with van der Waals surface area (Å²) >= 11 is 5.57. The van der Waals surface area contributed by atoms with E-state index in [9.17, 15) is 0 Å². The Morgan fingerprint density at radius 1 is 1.78 bits per heavy atom. The van der Waals surface area contributed by atoms with Gasteiger partial charge in [0.25, 0.3) is 0 Å². The van der Waals surface area contributed by atoms with Crippen molar-refractivity contribution in [1.29, 1.82) is 0 Å². The summed E-state index contributed by atoms with van der Waals surface area (Å²) < 4.78 is 0. The van der Waals surface area contributed by atoms with Crippen LogP contribution in [-0.4, -0.2) is 17.1 Å². The molecule has 1 aliphatic rings. The van der Waals surface area contributed by atoms with Gasteiger partial charge in [-0.1, -0.05) is 11.6 Å². The Morgan fingerprint density at radius 2 is 2.56 bits per heavy atom. The molecule has 1 nitrogen and oxygen atoms in total. The monoisotopic (exact) mass is 146 g/mol. The lowest BCUT2D eigenvalue weighted by Crippen LogP contribution is -2.11. The molecule has 1 unspecified atom stereocenters. The van der Waals surface area contributed by atoms with Gasteiger partial charge in [0, 0.05) is 5.88 Å². The minimum Gasteiger partial charge on any atom is -0.393 e. The lowest BCUT2D eigenvalue weighted by molar-refractivity contribution is 0.161. The number of alkyl halides is 1. The highest BCUT2D eigenvalue weighted by molar-refractivity contribution is 6.19. The van der Waals surface area contributed by atoms with E-state index in [0.717, 1.165) is 19.3 Å². The maximum absolute atomic E-state index is 9.11. The molecule has 0 aliphatic heterocycles. The summed E-state index contributed by atoms with van der Waals surface area (Å²) in [6.45, 7) is 0. The van der Waals surface area contributed by atoms with Crippen LogP contribution in [0, 0.1) is 0 Å². The molecule has 0 spiro atoms. The first-order valence-electron chi connectivity index (χ1n) is 3.25.